The van der Waals surface area contributed by atoms with Crippen LogP contribution in [0, 0.1) is 5.41 Å². The van der Waals surface area contributed by atoms with E-state index in [-0.39, 0.29) is 5.41 Å². The van der Waals surface area contributed by atoms with Crippen LogP contribution in [0.15, 0.2) is 24.3 Å². The zero-order chi connectivity index (χ0) is 14.6. The Morgan fingerprint density at radius 3 is 2.75 bits per heavy atom. The fraction of sp³-hybridized carbons (Fsp3) is 0.500. The molecule has 20 heavy (non-hydrogen) atoms. The number of ether oxygens (including phenoxy) is 1. The monoisotopic (exact) mass is 311 g/mol. The van der Waals surface area contributed by atoms with E-state index in [0.29, 0.717) is 0 Å². The number of thiophene rings is 1. The molecule has 1 aromatic heterocycles. The third kappa shape index (κ3) is 3.95. The molecule has 0 bridgehead atoms. The van der Waals surface area contributed by atoms with Crippen LogP contribution in [0.2, 0.25) is 5.02 Å². The minimum absolute atomic E-state index is 0.235. The number of nitrogens with one attached hydrogen (secondary N) is 1. The molecule has 0 atom stereocenters. The summed E-state index contributed by atoms with van der Waals surface area (Å²) in [6, 6.07) is 8.30. The van der Waals surface area contributed by atoms with Gasteiger partial charge in [0.1, 0.15) is 0 Å². The lowest BCUT2D eigenvalue weighted by molar-refractivity contribution is 0.150. The first-order valence-corrected chi connectivity index (χ1v) is 8.08. The van der Waals surface area contributed by atoms with Crippen molar-refractivity contribution in [2.45, 2.75) is 26.8 Å². The highest BCUT2D eigenvalue weighted by molar-refractivity contribution is 7.19. The Hall–Kier alpha value is -0.610. The van der Waals surface area contributed by atoms with Crippen LogP contribution in [-0.2, 0) is 11.3 Å². The fourth-order valence-electron chi connectivity index (χ4n) is 2.16. The molecule has 2 aromatic rings. The topological polar surface area (TPSA) is 21.3 Å². The molecule has 0 aliphatic carbocycles. The number of hydrogen-bond acceptors (Lipinski definition) is 3. The average molecular weight is 312 g/mol. The van der Waals surface area contributed by atoms with Gasteiger partial charge >= 0.3 is 0 Å². The Morgan fingerprint density at radius 1 is 1.30 bits per heavy atom. The molecule has 0 unspecified atom stereocenters. The standard InChI is InChI=1S/C16H22ClNOS/c1-16(2,8-9-19-3)11-18-10-14-15(17)12-6-4-5-7-13(12)20-14/h4-7,18H,8-11H2,1-3H3. The van der Waals surface area contributed by atoms with Gasteiger partial charge in [0.05, 0.1) is 5.02 Å². The number of halogens is 1. The largest absolute Gasteiger partial charge is 0.385 e. The summed E-state index contributed by atoms with van der Waals surface area (Å²) < 4.78 is 6.41. The molecule has 0 aliphatic rings. The van der Waals surface area contributed by atoms with Crippen molar-refractivity contribution in [2.24, 2.45) is 5.41 Å². The van der Waals surface area contributed by atoms with Gasteiger partial charge < -0.3 is 10.1 Å². The van der Waals surface area contributed by atoms with Crippen molar-refractivity contribution in [1.82, 2.24) is 5.32 Å². The predicted molar refractivity (Wildman–Crippen MR) is 88.8 cm³/mol. The van der Waals surface area contributed by atoms with Gasteiger partial charge in [-0.15, -0.1) is 11.3 Å². The van der Waals surface area contributed by atoms with Crippen LogP contribution in [0.25, 0.3) is 10.1 Å². The number of rotatable bonds is 7. The second-order valence-corrected chi connectivity index (χ2v) is 7.36. The molecular formula is C16H22ClNOS. The summed E-state index contributed by atoms with van der Waals surface area (Å²) in [6.07, 6.45) is 1.05. The summed E-state index contributed by atoms with van der Waals surface area (Å²) in [5.41, 5.74) is 0.235. The Bertz CT molecular complexity index is 565. The van der Waals surface area contributed by atoms with Gasteiger partial charge in [-0.3, -0.25) is 0 Å². The van der Waals surface area contributed by atoms with E-state index in [1.807, 2.05) is 6.07 Å². The van der Waals surface area contributed by atoms with Crippen molar-refractivity contribution >= 4 is 33.0 Å². The molecule has 0 fully saturated rings. The maximum absolute atomic E-state index is 6.44. The molecule has 0 aliphatic heterocycles. The minimum Gasteiger partial charge on any atom is -0.385 e. The highest BCUT2D eigenvalue weighted by Crippen LogP contribution is 2.35. The van der Waals surface area contributed by atoms with Crippen LogP contribution in [-0.4, -0.2) is 20.3 Å². The van der Waals surface area contributed by atoms with Crippen LogP contribution in [0.1, 0.15) is 25.1 Å². The zero-order valence-corrected chi connectivity index (χ0v) is 13.9. The Morgan fingerprint density at radius 2 is 2.05 bits per heavy atom. The molecule has 1 heterocycles. The fourth-order valence-corrected chi connectivity index (χ4v) is 3.63. The smallest absolute Gasteiger partial charge is 0.0636 e. The molecule has 0 saturated carbocycles. The third-order valence-electron chi connectivity index (χ3n) is 3.47. The van der Waals surface area contributed by atoms with Crippen LogP contribution in [0.4, 0.5) is 0 Å². The molecule has 0 saturated heterocycles. The van der Waals surface area contributed by atoms with Gasteiger partial charge in [-0.1, -0.05) is 43.6 Å². The van der Waals surface area contributed by atoms with Crippen LogP contribution in [0.3, 0.4) is 0 Å². The molecule has 1 N–H and O–H groups in total. The maximum atomic E-state index is 6.44. The normalized spacial score (nSPS) is 12.2. The van der Waals surface area contributed by atoms with Gasteiger partial charge in [0, 0.05) is 41.8 Å². The Kier molecular flexibility index (Phi) is 5.44. The zero-order valence-electron chi connectivity index (χ0n) is 12.3. The Labute approximate surface area is 130 Å². The summed E-state index contributed by atoms with van der Waals surface area (Å²) in [5.74, 6) is 0. The molecule has 1 aromatic carbocycles. The Balaban J connectivity index is 1.94. The third-order valence-corrected chi connectivity index (χ3v) is 5.19. The second kappa shape index (κ2) is 6.90. The molecular weight excluding hydrogens is 290 g/mol. The summed E-state index contributed by atoms with van der Waals surface area (Å²) in [5, 5.41) is 5.58. The van der Waals surface area contributed by atoms with Gasteiger partial charge in [-0.05, 0) is 17.9 Å². The number of fused-ring (bicyclic) bond motifs is 1. The first-order chi connectivity index (χ1) is 9.53. The highest BCUT2D eigenvalue weighted by Gasteiger charge is 2.17. The van der Waals surface area contributed by atoms with Crippen molar-refractivity contribution in [2.75, 3.05) is 20.3 Å². The van der Waals surface area contributed by atoms with E-state index in [1.54, 1.807) is 18.4 Å². The summed E-state index contributed by atoms with van der Waals surface area (Å²) in [4.78, 5) is 1.22. The molecule has 0 radical (unpaired) electrons. The molecule has 0 spiro atoms. The van der Waals surface area contributed by atoms with E-state index in [1.165, 1.54) is 9.58 Å². The quantitative estimate of drug-likeness (QED) is 0.799. The molecule has 110 valence electrons. The number of hydrogen-bond donors (Lipinski definition) is 1. The average Bonchev–Trinajstić information content (AvgIpc) is 2.74. The van der Waals surface area contributed by atoms with E-state index >= 15 is 0 Å². The summed E-state index contributed by atoms with van der Waals surface area (Å²) in [6.45, 7) is 7.10. The van der Waals surface area contributed by atoms with E-state index in [9.17, 15) is 0 Å². The van der Waals surface area contributed by atoms with E-state index in [0.717, 1.165) is 36.5 Å². The van der Waals surface area contributed by atoms with Crippen LogP contribution in [0.5, 0.6) is 0 Å². The number of methoxy groups -OCH3 is 1. The minimum atomic E-state index is 0.235. The molecule has 2 rings (SSSR count). The maximum Gasteiger partial charge on any atom is 0.0636 e. The lowest BCUT2D eigenvalue weighted by Crippen LogP contribution is -2.29. The molecule has 2 nitrogen and oxygen atoms in total. The second-order valence-electron chi connectivity index (χ2n) is 5.85. The van der Waals surface area contributed by atoms with Gasteiger partial charge in [-0.2, -0.15) is 0 Å². The number of benzene rings is 1. The van der Waals surface area contributed by atoms with Gasteiger partial charge in [0.2, 0.25) is 0 Å². The van der Waals surface area contributed by atoms with Gasteiger partial charge in [0.25, 0.3) is 0 Å². The lowest BCUT2D eigenvalue weighted by Gasteiger charge is -2.24. The van der Waals surface area contributed by atoms with Crippen molar-refractivity contribution in [3.8, 4) is 0 Å². The SMILES string of the molecule is COCCC(C)(C)CNCc1sc2ccccc2c1Cl. The van der Waals surface area contributed by atoms with Crippen molar-refractivity contribution < 1.29 is 4.74 Å². The summed E-state index contributed by atoms with van der Waals surface area (Å²) >= 11 is 8.21. The molecule has 0 amide bonds. The van der Waals surface area contributed by atoms with Crippen molar-refractivity contribution in [3.63, 3.8) is 0 Å². The lowest BCUT2D eigenvalue weighted by atomic mass is 9.90. The van der Waals surface area contributed by atoms with Gasteiger partial charge in [-0.25, -0.2) is 0 Å². The van der Waals surface area contributed by atoms with E-state index in [2.05, 4.69) is 37.4 Å². The van der Waals surface area contributed by atoms with Crippen LogP contribution < -0.4 is 5.32 Å². The predicted octanol–water partition coefficient (Wildman–Crippen LogP) is 4.71. The van der Waals surface area contributed by atoms with E-state index in [4.69, 9.17) is 16.3 Å². The van der Waals surface area contributed by atoms with Crippen LogP contribution >= 0.6 is 22.9 Å². The molecule has 4 heteroatoms. The highest BCUT2D eigenvalue weighted by atomic mass is 35.5. The van der Waals surface area contributed by atoms with Crippen molar-refractivity contribution in [3.05, 3.63) is 34.2 Å². The van der Waals surface area contributed by atoms with Gasteiger partial charge in [0.15, 0.2) is 0 Å². The summed E-state index contributed by atoms with van der Waals surface area (Å²) in [7, 11) is 1.75. The van der Waals surface area contributed by atoms with E-state index < -0.39 is 0 Å². The van der Waals surface area contributed by atoms with Crippen molar-refractivity contribution in [1.29, 1.82) is 0 Å². The first kappa shape index (κ1) is 15.8. The first-order valence-electron chi connectivity index (χ1n) is 6.89.